The van der Waals surface area contributed by atoms with Crippen LogP contribution in [0.1, 0.15) is 33.1 Å². The van der Waals surface area contributed by atoms with Crippen molar-refractivity contribution in [2.24, 2.45) is 0 Å². The van der Waals surface area contributed by atoms with Gasteiger partial charge in [-0.1, -0.05) is 13.8 Å². The zero-order chi connectivity index (χ0) is 14.3. The van der Waals surface area contributed by atoms with Crippen molar-refractivity contribution < 1.29 is 13.0 Å². The van der Waals surface area contributed by atoms with Crippen LogP contribution in [0.2, 0.25) is 0 Å². The van der Waals surface area contributed by atoms with Crippen LogP contribution in [0.3, 0.4) is 0 Å². The van der Waals surface area contributed by atoms with E-state index in [2.05, 4.69) is 19.2 Å². The first-order valence-corrected chi connectivity index (χ1v) is 7.97. The van der Waals surface area contributed by atoms with Gasteiger partial charge in [-0.15, -0.1) is 0 Å². The summed E-state index contributed by atoms with van der Waals surface area (Å²) in [6.45, 7) is 5.06. The third-order valence-corrected chi connectivity index (χ3v) is 4.49. The molecule has 0 bridgehead atoms. The quantitative estimate of drug-likeness (QED) is 0.796. The van der Waals surface area contributed by atoms with Crippen LogP contribution >= 0.6 is 0 Å². The molecule has 0 saturated heterocycles. The summed E-state index contributed by atoms with van der Waals surface area (Å²) in [6, 6.07) is 3.60. The van der Waals surface area contributed by atoms with Crippen LogP contribution in [-0.2, 0) is 10.8 Å². The molecular weight excluding hydrogens is 268 g/mol. The van der Waals surface area contributed by atoms with Crippen molar-refractivity contribution >= 4 is 10.8 Å². The normalized spacial score (nSPS) is 14.3. The summed E-state index contributed by atoms with van der Waals surface area (Å²) in [6.07, 6.45) is 2.69. The molecular formula is C14H21F2NOS. The maximum absolute atomic E-state index is 13.4. The van der Waals surface area contributed by atoms with E-state index in [9.17, 15) is 13.0 Å². The highest BCUT2D eigenvalue weighted by atomic mass is 32.2. The molecule has 0 saturated carbocycles. The van der Waals surface area contributed by atoms with Crippen molar-refractivity contribution in [3.05, 3.63) is 29.8 Å². The Morgan fingerprint density at radius 1 is 1.32 bits per heavy atom. The molecule has 2 nitrogen and oxygen atoms in total. The number of halogens is 2. The largest absolute Gasteiger partial charge is 0.314 e. The first-order valence-electron chi connectivity index (χ1n) is 6.65. The Hall–Kier alpha value is -0.810. The molecule has 0 aliphatic heterocycles. The van der Waals surface area contributed by atoms with Gasteiger partial charge in [-0.2, -0.15) is 0 Å². The lowest BCUT2D eigenvalue weighted by atomic mass is 10.1. The Kier molecular flexibility index (Phi) is 7.16. The van der Waals surface area contributed by atoms with E-state index in [1.165, 1.54) is 6.07 Å². The molecule has 0 aromatic heterocycles. The van der Waals surface area contributed by atoms with E-state index in [0.29, 0.717) is 11.8 Å². The minimum atomic E-state index is -1.40. The Morgan fingerprint density at radius 2 is 2.05 bits per heavy atom. The van der Waals surface area contributed by atoms with E-state index in [-0.39, 0.29) is 4.90 Å². The lowest BCUT2D eigenvalue weighted by molar-refractivity contribution is 0.476. The predicted octanol–water partition coefficient (Wildman–Crippen LogP) is 3.24. The van der Waals surface area contributed by atoms with Crippen LogP contribution in [0.25, 0.3) is 0 Å². The van der Waals surface area contributed by atoms with E-state index in [0.717, 1.165) is 37.9 Å². The van der Waals surface area contributed by atoms with Crippen molar-refractivity contribution in [1.29, 1.82) is 0 Å². The second-order valence-corrected chi connectivity index (χ2v) is 5.97. The van der Waals surface area contributed by atoms with Gasteiger partial charge in [0.15, 0.2) is 0 Å². The number of benzene rings is 1. The van der Waals surface area contributed by atoms with Gasteiger partial charge in [-0.3, -0.25) is 4.21 Å². The maximum Gasteiger partial charge on any atom is 0.142 e. The number of hydrogen-bond donors (Lipinski definition) is 1. The van der Waals surface area contributed by atoms with E-state index >= 15 is 0 Å². The number of hydrogen-bond acceptors (Lipinski definition) is 2. The van der Waals surface area contributed by atoms with Gasteiger partial charge in [0, 0.05) is 17.9 Å². The van der Waals surface area contributed by atoms with Gasteiger partial charge < -0.3 is 5.32 Å². The van der Waals surface area contributed by atoms with Gasteiger partial charge in [0.05, 0.1) is 15.7 Å². The summed E-state index contributed by atoms with van der Waals surface area (Å²) in [5.74, 6) is -0.960. The smallest absolute Gasteiger partial charge is 0.142 e. The molecule has 1 aromatic carbocycles. The lowest BCUT2D eigenvalue weighted by Crippen LogP contribution is -2.28. The van der Waals surface area contributed by atoms with E-state index in [4.69, 9.17) is 0 Å². The van der Waals surface area contributed by atoms with Crippen LogP contribution < -0.4 is 5.32 Å². The van der Waals surface area contributed by atoms with E-state index in [1.54, 1.807) is 0 Å². The first kappa shape index (κ1) is 16.2. The third kappa shape index (κ3) is 5.37. The molecule has 2 unspecified atom stereocenters. The second-order valence-electron chi connectivity index (χ2n) is 4.43. The molecule has 108 valence electrons. The maximum atomic E-state index is 13.4. The molecule has 5 heteroatoms. The predicted molar refractivity (Wildman–Crippen MR) is 74.6 cm³/mol. The minimum absolute atomic E-state index is 0.0953. The fourth-order valence-corrected chi connectivity index (χ4v) is 3.11. The van der Waals surface area contributed by atoms with Crippen LogP contribution in [0.5, 0.6) is 0 Å². The average molecular weight is 289 g/mol. The molecule has 0 heterocycles. The lowest BCUT2D eigenvalue weighted by Gasteiger charge is -2.15. The van der Waals surface area contributed by atoms with Crippen molar-refractivity contribution in [2.75, 3.05) is 12.3 Å². The molecule has 1 rings (SSSR count). The molecule has 0 spiro atoms. The van der Waals surface area contributed by atoms with Crippen LogP contribution in [0, 0.1) is 11.6 Å². The molecule has 1 N–H and O–H groups in total. The highest BCUT2D eigenvalue weighted by Crippen LogP contribution is 2.15. The van der Waals surface area contributed by atoms with E-state index in [1.807, 2.05) is 0 Å². The Labute approximate surface area is 116 Å². The molecule has 0 fully saturated rings. The standard InChI is InChI=1S/C14H21F2NOS/c1-3-12(17-4-2)6-5-9-19(18)14-8-7-11(15)10-13(14)16/h7-8,10,12,17H,3-6,9H2,1-2H3. The number of rotatable bonds is 8. The fraction of sp³-hybridized carbons (Fsp3) is 0.571. The van der Waals surface area contributed by atoms with E-state index < -0.39 is 22.4 Å². The molecule has 0 radical (unpaired) electrons. The minimum Gasteiger partial charge on any atom is -0.314 e. The first-order chi connectivity index (χ1) is 9.08. The zero-order valence-corrected chi connectivity index (χ0v) is 12.2. The Morgan fingerprint density at radius 3 is 2.63 bits per heavy atom. The summed E-state index contributed by atoms with van der Waals surface area (Å²) < 4.78 is 38.1. The van der Waals surface area contributed by atoms with Gasteiger partial charge in [-0.05, 0) is 37.9 Å². The molecule has 0 aliphatic rings. The molecule has 0 aliphatic carbocycles. The van der Waals surface area contributed by atoms with Gasteiger partial charge in [-0.25, -0.2) is 8.78 Å². The molecule has 2 atom stereocenters. The molecule has 0 amide bonds. The Balaban J connectivity index is 2.47. The number of nitrogens with one attached hydrogen (secondary N) is 1. The van der Waals surface area contributed by atoms with Gasteiger partial charge in [0.25, 0.3) is 0 Å². The fourth-order valence-electron chi connectivity index (χ4n) is 1.97. The summed E-state index contributed by atoms with van der Waals surface area (Å²) in [7, 11) is -1.40. The molecule has 19 heavy (non-hydrogen) atoms. The van der Waals surface area contributed by atoms with Gasteiger partial charge in [0.2, 0.25) is 0 Å². The highest BCUT2D eigenvalue weighted by molar-refractivity contribution is 7.85. The van der Waals surface area contributed by atoms with Gasteiger partial charge in [0.1, 0.15) is 11.6 Å². The summed E-state index contributed by atoms with van der Waals surface area (Å²) in [5, 5.41) is 3.34. The summed E-state index contributed by atoms with van der Waals surface area (Å²) in [5.41, 5.74) is 0. The second kappa shape index (κ2) is 8.38. The van der Waals surface area contributed by atoms with Crippen molar-refractivity contribution in [3.8, 4) is 0 Å². The summed E-state index contributed by atoms with van der Waals surface area (Å²) >= 11 is 0. The van der Waals surface area contributed by atoms with Crippen LogP contribution in [-0.4, -0.2) is 22.5 Å². The SMILES string of the molecule is CCNC(CC)CCCS(=O)c1ccc(F)cc1F. The highest BCUT2D eigenvalue weighted by Gasteiger charge is 2.12. The van der Waals surface area contributed by atoms with Crippen LogP contribution in [0.4, 0.5) is 8.78 Å². The Bertz CT molecular complexity index is 426. The van der Waals surface area contributed by atoms with Crippen molar-refractivity contribution in [3.63, 3.8) is 0 Å². The zero-order valence-electron chi connectivity index (χ0n) is 11.4. The average Bonchev–Trinajstić information content (AvgIpc) is 2.37. The molecule has 1 aromatic rings. The summed E-state index contributed by atoms with van der Waals surface area (Å²) in [4.78, 5) is 0.0953. The van der Waals surface area contributed by atoms with Gasteiger partial charge >= 0.3 is 0 Å². The topological polar surface area (TPSA) is 29.1 Å². The van der Waals surface area contributed by atoms with Crippen LogP contribution in [0.15, 0.2) is 23.1 Å². The van der Waals surface area contributed by atoms with Crippen molar-refractivity contribution in [2.45, 2.75) is 44.0 Å². The monoisotopic (exact) mass is 289 g/mol. The van der Waals surface area contributed by atoms with Crippen molar-refractivity contribution in [1.82, 2.24) is 5.32 Å². The third-order valence-electron chi connectivity index (χ3n) is 3.01.